The second kappa shape index (κ2) is 6.37. The zero-order valence-corrected chi connectivity index (χ0v) is 13.2. The van der Waals surface area contributed by atoms with E-state index >= 15 is 0 Å². The summed E-state index contributed by atoms with van der Waals surface area (Å²) in [5.41, 5.74) is 1.27. The average molecular weight is 289 g/mol. The second-order valence-corrected chi connectivity index (χ2v) is 6.39. The van der Waals surface area contributed by atoms with Crippen LogP contribution >= 0.6 is 0 Å². The van der Waals surface area contributed by atoms with E-state index in [0.29, 0.717) is 12.1 Å². The van der Waals surface area contributed by atoms with Gasteiger partial charge in [0.2, 0.25) is 0 Å². The summed E-state index contributed by atoms with van der Waals surface area (Å²) in [6.45, 7) is 6.30. The molecule has 3 atom stereocenters. The van der Waals surface area contributed by atoms with Crippen LogP contribution in [0.4, 0.5) is 0 Å². The number of nitrogens with one attached hydrogen (secondary N) is 1. The topological polar surface area (TPSA) is 30.5 Å². The summed E-state index contributed by atoms with van der Waals surface area (Å²) in [6, 6.07) is 8.91. The molecule has 0 bridgehead atoms. The first kappa shape index (κ1) is 14.9. The highest BCUT2D eigenvalue weighted by Crippen LogP contribution is 2.45. The first-order valence-electron chi connectivity index (χ1n) is 8.39. The van der Waals surface area contributed by atoms with Gasteiger partial charge in [0.15, 0.2) is 0 Å². The minimum Gasteiger partial charge on any atom is -0.487 e. The van der Waals surface area contributed by atoms with E-state index in [1.54, 1.807) is 0 Å². The maximum Gasteiger partial charge on any atom is 0.124 e. The molecule has 0 radical (unpaired) electrons. The van der Waals surface area contributed by atoms with E-state index in [1.165, 1.54) is 5.56 Å². The van der Waals surface area contributed by atoms with E-state index < -0.39 is 0 Å². The van der Waals surface area contributed by atoms with Crippen molar-refractivity contribution in [3.8, 4) is 5.75 Å². The first-order chi connectivity index (χ1) is 10.3. The van der Waals surface area contributed by atoms with Gasteiger partial charge in [-0.05, 0) is 25.5 Å². The molecule has 1 spiro atoms. The lowest BCUT2D eigenvalue weighted by atomic mass is 9.79. The Morgan fingerprint density at radius 1 is 1.24 bits per heavy atom. The third-order valence-corrected chi connectivity index (χ3v) is 4.80. The van der Waals surface area contributed by atoms with Crippen molar-refractivity contribution in [1.82, 2.24) is 5.32 Å². The third-order valence-electron chi connectivity index (χ3n) is 4.80. The predicted octanol–water partition coefficient (Wildman–Crippen LogP) is 3.84. The number of rotatable bonds is 4. The zero-order chi connectivity index (χ0) is 14.7. The van der Waals surface area contributed by atoms with Gasteiger partial charge in [-0.1, -0.05) is 32.0 Å². The highest BCUT2D eigenvalue weighted by Gasteiger charge is 2.44. The summed E-state index contributed by atoms with van der Waals surface area (Å²) in [5.74, 6) is 1.06. The third kappa shape index (κ3) is 3.09. The molecule has 1 aromatic rings. The van der Waals surface area contributed by atoms with Crippen LogP contribution in [0, 0.1) is 0 Å². The monoisotopic (exact) mass is 289 g/mol. The molecule has 1 N–H and O–H groups in total. The highest BCUT2D eigenvalue weighted by atomic mass is 16.5. The van der Waals surface area contributed by atoms with Crippen LogP contribution in [-0.2, 0) is 4.74 Å². The molecule has 21 heavy (non-hydrogen) atoms. The summed E-state index contributed by atoms with van der Waals surface area (Å²) in [6.07, 6.45) is 5.65. The number of para-hydroxylation sites is 1. The molecule has 1 fully saturated rings. The number of ether oxygens (including phenoxy) is 2. The van der Waals surface area contributed by atoms with Gasteiger partial charge in [-0.25, -0.2) is 0 Å². The Morgan fingerprint density at radius 2 is 2.10 bits per heavy atom. The fourth-order valence-corrected chi connectivity index (χ4v) is 3.65. The van der Waals surface area contributed by atoms with Gasteiger partial charge in [-0.15, -0.1) is 0 Å². The Kier molecular flexibility index (Phi) is 4.51. The molecule has 0 saturated carbocycles. The predicted molar refractivity (Wildman–Crippen MR) is 84.7 cm³/mol. The summed E-state index contributed by atoms with van der Waals surface area (Å²) in [7, 11) is 0. The lowest BCUT2D eigenvalue weighted by molar-refractivity contribution is -0.103. The molecule has 3 heteroatoms. The van der Waals surface area contributed by atoms with Crippen LogP contribution in [0.1, 0.15) is 57.6 Å². The van der Waals surface area contributed by atoms with E-state index in [4.69, 9.17) is 9.47 Å². The lowest BCUT2D eigenvalue weighted by Crippen LogP contribution is -2.50. The molecule has 1 aromatic carbocycles. The maximum atomic E-state index is 6.48. The Morgan fingerprint density at radius 3 is 2.90 bits per heavy atom. The summed E-state index contributed by atoms with van der Waals surface area (Å²) in [5, 5.41) is 3.71. The molecule has 0 aliphatic carbocycles. The van der Waals surface area contributed by atoms with Crippen LogP contribution in [-0.4, -0.2) is 24.9 Å². The SMILES string of the molecule is CCCNC1CC2(CCOC(CC)C2)Oc2ccccc21. The van der Waals surface area contributed by atoms with E-state index in [1.807, 2.05) is 0 Å². The van der Waals surface area contributed by atoms with Gasteiger partial charge in [0.25, 0.3) is 0 Å². The molecule has 0 aromatic heterocycles. The largest absolute Gasteiger partial charge is 0.487 e. The molecular weight excluding hydrogens is 262 g/mol. The first-order valence-corrected chi connectivity index (χ1v) is 8.39. The molecule has 3 unspecified atom stereocenters. The Labute approximate surface area is 128 Å². The van der Waals surface area contributed by atoms with Gasteiger partial charge in [0, 0.05) is 30.9 Å². The van der Waals surface area contributed by atoms with Crippen LogP contribution in [0.15, 0.2) is 24.3 Å². The normalized spacial score (nSPS) is 31.7. The van der Waals surface area contributed by atoms with Crippen molar-refractivity contribution in [2.24, 2.45) is 0 Å². The number of hydrogen-bond donors (Lipinski definition) is 1. The average Bonchev–Trinajstić information content (AvgIpc) is 2.52. The lowest BCUT2D eigenvalue weighted by Gasteiger charge is -2.46. The summed E-state index contributed by atoms with van der Waals surface area (Å²) in [4.78, 5) is 0. The Hall–Kier alpha value is -1.06. The Bertz CT molecular complexity index is 476. The summed E-state index contributed by atoms with van der Waals surface area (Å²) >= 11 is 0. The van der Waals surface area contributed by atoms with Gasteiger partial charge < -0.3 is 14.8 Å². The molecule has 2 aliphatic heterocycles. The summed E-state index contributed by atoms with van der Waals surface area (Å²) < 4.78 is 12.3. The quantitative estimate of drug-likeness (QED) is 0.913. The van der Waals surface area contributed by atoms with E-state index in [9.17, 15) is 0 Å². The smallest absolute Gasteiger partial charge is 0.124 e. The molecule has 1 saturated heterocycles. The van der Waals surface area contributed by atoms with Crippen molar-refractivity contribution >= 4 is 0 Å². The van der Waals surface area contributed by atoms with Gasteiger partial charge in [-0.2, -0.15) is 0 Å². The fourth-order valence-electron chi connectivity index (χ4n) is 3.65. The van der Waals surface area contributed by atoms with Gasteiger partial charge in [0.05, 0.1) is 12.7 Å². The van der Waals surface area contributed by atoms with Gasteiger partial charge in [0.1, 0.15) is 11.4 Å². The van der Waals surface area contributed by atoms with Crippen LogP contribution in [0.25, 0.3) is 0 Å². The zero-order valence-electron chi connectivity index (χ0n) is 13.2. The van der Waals surface area contributed by atoms with E-state index in [2.05, 4.69) is 43.4 Å². The van der Waals surface area contributed by atoms with Crippen LogP contribution < -0.4 is 10.1 Å². The van der Waals surface area contributed by atoms with E-state index in [0.717, 1.165) is 51.0 Å². The van der Waals surface area contributed by atoms with Gasteiger partial charge >= 0.3 is 0 Å². The van der Waals surface area contributed by atoms with Gasteiger partial charge in [-0.3, -0.25) is 0 Å². The molecule has 0 amide bonds. The molecule has 116 valence electrons. The van der Waals surface area contributed by atoms with Crippen LogP contribution in [0.2, 0.25) is 0 Å². The van der Waals surface area contributed by atoms with Crippen molar-refractivity contribution in [3.05, 3.63) is 29.8 Å². The van der Waals surface area contributed by atoms with Crippen LogP contribution in [0.3, 0.4) is 0 Å². The molecule has 2 heterocycles. The fraction of sp³-hybridized carbons (Fsp3) is 0.667. The minimum absolute atomic E-state index is 0.0430. The molecule has 3 nitrogen and oxygen atoms in total. The van der Waals surface area contributed by atoms with Crippen molar-refractivity contribution < 1.29 is 9.47 Å². The molecule has 3 rings (SSSR count). The van der Waals surface area contributed by atoms with Crippen molar-refractivity contribution in [1.29, 1.82) is 0 Å². The standard InChI is InChI=1S/C18H27NO2/c1-3-10-19-16-13-18(9-11-20-14(4-2)12-18)21-17-8-6-5-7-15(16)17/h5-8,14,16,19H,3-4,9-13H2,1-2H3. The molecule has 2 aliphatic rings. The van der Waals surface area contributed by atoms with E-state index in [-0.39, 0.29) is 5.60 Å². The van der Waals surface area contributed by atoms with Crippen molar-refractivity contribution in [3.63, 3.8) is 0 Å². The van der Waals surface area contributed by atoms with Crippen LogP contribution in [0.5, 0.6) is 5.75 Å². The highest BCUT2D eigenvalue weighted by molar-refractivity contribution is 5.39. The number of benzene rings is 1. The number of fused-ring (bicyclic) bond motifs is 1. The minimum atomic E-state index is -0.0430. The van der Waals surface area contributed by atoms with Crippen molar-refractivity contribution in [2.45, 2.75) is 63.7 Å². The second-order valence-electron chi connectivity index (χ2n) is 6.39. The maximum absolute atomic E-state index is 6.48. The Balaban J connectivity index is 1.85. The van der Waals surface area contributed by atoms with Crippen molar-refractivity contribution in [2.75, 3.05) is 13.2 Å². The molecular formula is C18H27NO2. The number of hydrogen-bond acceptors (Lipinski definition) is 3.